The molecule has 3 N–H and O–H groups in total. The van der Waals surface area contributed by atoms with Gasteiger partial charge in [0.1, 0.15) is 0 Å². The highest BCUT2D eigenvalue weighted by Crippen LogP contribution is 2.47. The number of carbonyl (C=O) groups excluding carboxylic acids is 1. The summed E-state index contributed by atoms with van der Waals surface area (Å²) in [6.07, 6.45) is 9.37. The largest absolute Gasteiger partial charge is 0.370 e. The van der Waals surface area contributed by atoms with Gasteiger partial charge in [-0.2, -0.15) is 0 Å². The second-order valence-corrected chi connectivity index (χ2v) is 6.04. The molecule has 0 saturated heterocycles. The zero-order chi connectivity index (χ0) is 12.3. The van der Waals surface area contributed by atoms with Crippen LogP contribution in [0.15, 0.2) is 0 Å². The summed E-state index contributed by atoms with van der Waals surface area (Å²) in [7, 11) is 0. The molecule has 17 heavy (non-hydrogen) atoms. The van der Waals surface area contributed by atoms with Gasteiger partial charge in [0.05, 0.1) is 0 Å². The fourth-order valence-electron chi connectivity index (χ4n) is 3.49. The zero-order valence-corrected chi connectivity index (χ0v) is 11.0. The van der Waals surface area contributed by atoms with E-state index in [0.717, 1.165) is 31.2 Å². The van der Waals surface area contributed by atoms with Gasteiger partial charge in [-0.3, -0.25) is 4.79 Å². The quantitative estimate of drug-likeness (QED) is 0.745. The van der Waals surface area contributed by atoms with Crippen LogP contribution in [0.4, 0.5) is 0 Å². The van der Waals surface area contributed by atoms with E-state index in [0.29, 0.717) is 6.42 Å². The monoisotopic (exact) mass is 238 g/mol. The molecule has 0 bridgehead atoms. The van der Waals surface area contributed by atoms with Gasteiger partial charge in [-0.05, 0) is 50.5 Å². The third kappa shape index (κ3) is 3.44. The van der Waals surface area contributed by atoms with Crippen molar-refractivity contribution in [2.75, 3.05) is 6.54 Å². The third-order valence-corrected chi connectivity index (χ3v) is 4.43. The van der Waals surface area contributed by atoms with Gasteiger partial charge in [0, 0.05) is 12.0 Å². The molecule has 0 aromatic heterocycles. The van der Waals surface area contributed by atoms with Crippen molar-refractivity contribution >= 4 is 5.91 Å². The molecule has 3 nitrogen and oxygen atoms in total. The zero-order valence-electron chi connectivity index (χ0n) is 11.0. The van der Waals surface area contributed by atoms with Crippen molar-refractivity contribution in [3.63, 3.8) is 0 Å². The number of primary amides is 1. The Labute approximate surface area is 105 Å². The number of amides is 1. The van der Waals surface area contributed by atoms with Gasteiger partial charge in [-0.15, -0.1) is 0 Å². The van der Waals surface area contributed by atoms with Crippen LogP contribution in [0.2, 0.25) is 0 Å². The molecule has 3 heteroatoms. The van der Waals surface area contributed by atoms with E-state index in [1.165, 1.54) is 32.1 Å². The summed E-state index contributed by atoms with van der Waals surface area (Å²) in [4.78, 5) is 11.3. The standard InChI is InChI=1S/C14H26N2O/c1-2-8-16-14(10-13(15)17)7-3-4-12(9-14)11-5-6-11/h11-12,16H,2-10H2,1H3,(H2,15,17). The van der Waals surface area contributed by atoms with Crippen LogP contribution in [0.3, 0.4) is 0 Å². The van der Waals surface area contributed by atoms with Crippen molar-refractivity contribution in [1.29, 1.82) is 0 Å². The molecule has 0 spiro atoms. The summed E-state index contributed by atoms with van der Waals surface area (Å²) >= 11 is 0. The molecule has 2 saturated carbocycles. The highest BCUT2D eigenvalue weighted by Gasteiger charge is 2.42. The van der Waals surface area contributed by atoms with Gasteiger partial charge in [0.15, 0.2) is 0 Å². The van der Waals surface area contributed by atoms with Crippen molar-refractivity contribution in [3.8, 4) is 0 Å². The van der Waals surface area contributed by atoms with Crippen LogP contribution < -0.4 is 11.1 Å². The smallest absolute Gasteiger partial charge is 0.219 e. The lowest BCUT2D eigenvalue weighted by atomic mass is 9.72. The normalized spacial score (nSPS) is 33.6. The van der Waals surface area contributed by atoms with E-state index in [9.17, 15) is 4.79 Å². The Bertz CT molecular complexity index is 275. The van der Waals surface area contributed by atoms with Gasteiger partial charge in [0.25, 0.3) is 0 Å². The highest BCUT2D eigenvalue weighted by molar-refractivity contribution is 5.75. The van der Waals surface area contributed by atoms with Gasteiger partial charge >= 0.3 is 0 Å². The predicted octanol–water partition coefficient (Wildman–Crippen LogP) is 2.20. The maximum Gasteiger partial charge on any atom is 0.219 e. The van der Waals surface area contributed by atoms with Crippen molar-refractivity contribution in [1.82, 2.24) is 5.32 Å². The van der Waals surface area contributed by atoms with Crippen molar-refractivity contribution in [3.05, 3.63) is 0 Å². The molecule has 0 radical (unpaired) electrons. The Kier molecular flexibility index (Phi) is 4.08. The van der Waals surface area contributed by atoms with E-state index in [-0.39, 0.29) is 11.4 Å². The summed E-state index contributed by atoms with van der Waals surface area (Å²) in [5.74, 6) is 1.64. The molecule has 0 aliphatic heterocycles. The van der Waals surface area contributed by atoms with Crippen LogP contribution in [-0.2, 0) is 4.79 Å². The first kappa shape index (κ1) is 12.9. The van der Waals surface area contributed by atoms with Gasteiger partial charge < -0.3 is 11.1 Å². The van der Waals surface area contributed by atoms with Crippen LogP contribution in [0.25, 0.3) is 0 Å². The van der Waals surface area contributed by atoms with Gasteiger partial charge in [-0.25, -0.2) is 0 Å². The lowest BCUT2D eigenvalue weighted by Gasteiger charge is -2.41. The maximum atomic E-state index is 11.3. The lowest BCUT2D eigenvalue weighted by Crippen LogP contribution is -2.51. The topological polar surface area (TPSA) is 55.1 Å². The molecule has 2 aliphatic carbocycles. The van der Waals surface area contributed by atoms with Crippen LogP contribution in [0.1, 0.15) is 58.3 Å². The Morgan fingerprint density at radius 2 is 2.12 bits per heavy atom. The number of nitrogens with two attached hydrogens (primary N) is 1. The number of rotatable bonds is 6. The minimum absolute atomic E-state index is 0.0212. The second kappa shape index (κ2) is 5.38. The summed E-state index contributed by atoms with van der Waals surface area (Å²) in [6, 6.07) is 0. The fraction of sp³-hybridized carbons (Fsp3) is 0.929. The lowest BCUT2D eigenvalue weighted by molar-refractivity contribution is -0.120. The second-order valence-electron chi connectivity index (χ2n) is 6.04. The molecule has 2 unspecified atom stereocenters. The van der Waals surface area contributed by atoms with Crippen LogP contribution in [0, 0.1) is 11.8 Å². The first-order valence-corrected chi connectivity index (χ1v) is 7.18. The molecule has 0 heterocycles. The molecule has 2 fully saturated rings. The summed E-state index contributed by atoms with van der Waals surface area (Å²) in [6.45, 7) is 3.18. The Morgan fingerprint density at radius 1 is 1.35 bits per heavy atom. The molecule has 98 valence electrons. The van der Waals surface area contributed by atoms with E-state index < -0.39 is 0 Å². The molecule has 2 rings (SSSR count). The van der Waals surface area contributed by atoms with Crippen molar-refractivity contribution in [2.24, 2.45) is 17.6 Å². The Hall–Kier alpha value is -0.570. The number of nitrogens with one attached hydrogen (secondary N) is 1. The Balaban J connectivity index is 1.99. The molecular formula is C14H26N2O. The van der Waals surface area contributed by atoms with E-state index in [1.54, 1.807) is 0 Å². The highest BCUT2D eigenvalue weighted by atomic mass is 16.1. The minimum atomic E-state index is -0.148. The maximum absolute atomic E-state index is 11.3. The van der Waals surface area contributed by atoms with Crippen molar-refractivity contribution in [2.45, 2.75) is 63.8 Å². The fourth-order valence-corrected chi connectivity index (χ4v) is 3.49. The van der Waals surface area contributed by atoms with Crippen LogP contribution in [-0.4, -0.2) is 18.0 Å². The van der Waals surface area contributed by atoms with Gasteiger partial charge in [0.2, 0.25) is 5.91 Å². The third-order valence-electron chi connectivity index (χ3n) is 4.43. The molecule has 0 aromatic rings. The van der Waals surface area contributed by atoms with Crippen molar-refractivity contribution < 1.29 is 4.79 Å². The molecule has 2 aliphatic rings. The van der Waals surface area contributed by atoms with E-state index in [2.05, 4.69) is 12.2 Å². The molecular weight excluding hydrogens is 212 g/mol. The first-order valence-electron chi connectivity index (χ1n) is 7.18. The summed E-state index contributed by atoms with van der Waals surface area (Å²) in [5.41, 5.74) is 5.46. The molecule has 0 aromatic carbocycles. The number of carbonyl (C=O) groups is 1. The average molecular weight is 238 g/mol. The van der Waals surface area contributed by atoms with Gasteiger partial charge in [-0.1, -0.05) is 19.8 Å². The SMILES string of the molecule is CCCNC1(CC(N)=O)CCCC(C2CC2)C1. The molecule has 1 amide bonds. The summed E-state index contributed by atoms with van der Waals surface area (Å²) < 4.78 is 0. The average Bonchev–Trinajstić information content (AvgIpc) is 3.09. The van der Waals surface area contributed by atoms with Crippen LogP contribution >= 0.6 is 0 Å². The number of hydrogen-bond acceptors (Lipinski definition) is 2. The predicted molar refractivity (Wildman–Crippen MR) is 69.5 cm³/mol. The first-order chi connectivity index (χ1) is 8.15. The number of hydrogen-bond donors (Lipinski definition) is 2. The van der Waals surface area contributed by atoms with E-state index >= 15 is 0 Å². The minimum Gasteiger partial charge on any atom is -0.370 e. The summed E-state index contributed by atoms with van der Waals surface area (Å²) in [5, 5.41) is 3.63. The van der Waals surface area contributed by atoms with Crippen LogP contribution in [0.5, 0.6) is 0 Å². The van der Waals surface area contributed by atoms with E-state index in [4.69, 9.17) is 5.73 Å². The van der Waals surface area contributed by atoms with E-state index in [1.807, 2.05) is 0 Å². The Morgan fingerprint density at radius 3 is 2.71 bits per heavy atom. The molecule has 2 atom stereocenters.